The van der Waals surface area contributed by atoms with E-state index < -0.39 is 41.7 Å². The average Bonchev–Trinajstić information content (AvgIpc) is 1.54. The Morgan fingerprint density at radius 2 is 0.967 bits per heavy atom. The molecule has 20 fully saturated rings. The molecule has 14 bridgehead atoms. The van der Waals surface area contributed by atoms with Crippen LogP contribution in [-0.4, -0.2) is 171 Å². The van der Waals surface area contributed by atoms with Gasteiger partial charge in [0.1, 0.15) is 48.3 Å². The first-order valence-corrected chi connectivity index (χ1v) is 47.7. The molecule has 0 amide bonds. The first-order valence-electron chi connectivity index (χ1n) is 47.7. The van der Waals surface area contributed by atoms with Crippen LogP contribution in [0, 0.1) is 145 Å². The average molecular weight is 1720 g/mol. The molecule has 12 aliphatic carbocycles. The van der Waals surface area contributed by atoms with Gasteiger partial charge in [0.2, 0.25) is 0 Å². The highest BCUT2D eigenvalue weighted by Crippen LogP contribution is 2.66. The van der Waals surface area contributed by atoms with Crippen molar-refractivity contribution in [2.45, 2.75) is 350 Å². The Balaban J connectivity index is 0.000000116. The Kier molecular flexibility index (Phi) is 26.3. The van der Waals surface area contributed by atoms with Gasteiger partial charge >= 0.3 is 77.6 Å². The third-order valence-corrected chi connectivity index (χ3v) is 35.2. The summed E-state index contributed by atoms with van der Waals surface area (Å²) in [5, 5.41) is 0. The second-order valence-corrected chi connectivity index (χ2v) is 42.3. The second kappa shape index (κ2) is 35.6. The zero-order valence-corrected chi connectivity index (χ0v) is 75.2. The summed E-state index contributed by atoms with van der Waals surface area (Å²) in [6.07, 6.45) is 23.7. The minimum atomic E-state index is -0.538. The van der Waals surface area contributed by atoms with Crippen molar-refractivity contribution in [2.24, 2.45) is 145 Å². The van der Waals surface area contributed by atoms with E-state index in [-0.39, 0.29) is 195 Å². The van der Waals surface area contributed by atoms with Crippen molar-refractivity contribution < 1.29 is 129 Å². The summed E-state index contributed by atoms with van der Waals surface area (Å²) in [6, 6.07) is 0. The summed E-state index contributed by atoms with van der Waals surface area (Å²) < 4.78 is 77.5. The van der Waals surface area contributed by atoms with Crippen molar-refractivity contribution in [3.8, 4) is 0 Å². The number of ether oxygens (including phenoxy) is 14. The summed E-state index contributed by atoms with van der Waals surface area (Å²) in [5.74, 6) is 0.975. The van der Waals surface area contributed by atoms with Gasteiger partial charge in [-0.15, -0.1) is 0 Å². The molecule has 12 saturated carbocycles. The summed E-state index contributed by atoms with van der Waals surface area (Å²) in [7, 11) is 0. The molecule has 0 aromatic carbocycles. The normalized spacial score (nSPS) is 42.9. The van der Waals surface area contributed by atoms with Gasteiger partial charge in [0.15, 0.2) is 12.2 Å². The predicted octanol–water partition coefficient (Wildman–Crippen LogP) is 13.5. The van der Waals surface area contributed by atoms with Gasteiger partial charge in [-0.2, -0.15) is 0 Å². The molecule has 123 heavy (non-hydrogen) atoms. The molecule has 8 saturated heterocycles. The Hall–Kier alpha value is -6.93. The van der Waals surface area contributed by atoms with Crippen LogP contribution >= 0.6 is 0 Å². The maximum absolute atomic E-state index is 13.4. The molecule has 0 aromatic heterocycles. The zero-order valence-electron chi connectivity index (χ0n) is 75.2. The molecule has 35 atom stereocenters. The van der Waals surface area contributed by atoms with E-state index in [0.717, 1.165) is 141 Å². The molecule has 27 nitrogen and oxygen atoms in total. The van der Waals surface area contributed by atoms with Crippen LogP contribution in [-0.2, 0) is 129 Å². The molecule has 20 rings (SSSR count). The van der Waals surface area contributed by atoms with Crippen molar-refractivity contribution >= 4 is 77.6 Å². The number of esters is 13. The minimum absolute atomic E-state index is 0.00768. The van der Waals surface area contributed by atoms with Gasteiger partial charge in [-0.05, 0) is 235 Å². The van der Waals surface area contributed by atoms with E-state index in [1.807, 2.05) is 90.0 Å². The molecule has 0 radical (unpaired) electrons. The summed E-state index contributed by atoms with van der Waals surface area (Å²) >= 11 is 0. The Morgan fingerprint density at radius 3 is 1.45 bits per heavy atom. The van der Waals surface area contributed by atoms with Gasteiger partial charge in [-0.3, -0.25) is 62.3 Å². The highest BCUT2D eigenvalue weighted by molar-refractivity contribution is 5.87. The van der Waals surface area contributed by atoms with Crippen molar-refractivity contribution in [3.63, 3.8) is 0 Å². The van der Waals surface area contributed by atoms with E-state index >= 15 is 0 Å². The summed E-state index contributed by atoms with van der Waals surface area (Å²) in [6.45, 7) is 29.4. The number of cyclic esters (lactones) is 4. The SMILES string of the molecule is CCC(C)(C)C(=O)OC1C2CC3C(=O)OC1C3O2.CCC(C)C(=O)OC1C2CC3C1OC(=O)C3C2C(=O)OC1(CC)CC2CCC1C2.CCC(C)C(=O)OC1CC2CC1C1(CCOC1=O)C2.CCC(C)C(=O)OC1CC2CC1C1(COC(=O)C1)C2.CCC(C)C(=O)OC1CC2CC1CC21CCOC1=O.CCC(C)C(=O)OC1CC2CC1CC21COC(=O)C1. The highest BCUT2D eigenvalue weighted by atomic mass is 16.7. The molecular weight excluding hydrogens is 1590 g/mol. The Labute approximate surface area is 724 Å². The minimum Gasteiger partial charge on any atom is -0.465 e. The van der Waals surface area contributed by atoms with Crippen LogP contribution in [0.1, 0.15) is 283 Å². The van der Waals surface area contributed by atoms with Crippen LogP contribution in [0.3, 0.4) is 0 Å². The molecule has 0 N–H and O–H groups in total. The van der Waals surface area contributed by atoms with E-state index in [4.69, 9.17) is 66.3 Å². The third-order valence-electron chi connectivity index (χ3n) is 35.2. The predicted molar refractivity (Wildman–Crippen MR) is 436 cm³/mol. The molecule has 8 aliphatic heterocycles. The van der Waals surface area contributed by atoms with Crippen LogP contribution in [0.5, 0.6) is 0 Å². The maximum Gasteiger partial charge on any atom is 0.312 e. The summed E-state index contributed by atoms with van der Waals surface area (Å²) in [5.41, 5.74) is -1.40. The lowest BCUT2D eigenvalue weighted by atomic mass is 9.71. The van der Waals surface area contributed by atoms with Crippen LogP contribution in [0.15, 0.2) is 0 Å². The van der Waals surface area contributed by atoms with Crippen molar-refractivity contribution in [1.82, 2.24) is 0 Å². The van der Waals surface area contributed by atoms with Gasteiger partial charge in [0.05, 0.1) is 109 Å². The quantitative estimate of drug-likeness (QED) is 0.0761. The van der Waals surface area contributed by atoms with E-state index in [2.05, 4.69) is 6.92 Å². The number of hydrogen-bond acceptors (Lipinski definition) is 27. The lowest BCUT2D eigenvalue weighted by molar-refractivity contribution is -0.181. The number of carbonyl (C=O) groups is 13. The molecule has 4 spiro atoms. The molecule has 35 unspecified atom stereocenters. The molecule has 20 aliphatic rings. The van der Waals surface area contributed by atoms with Gasteiger partial charge in [-0.1, -0.05) is 83.1 Å². The second-order valence-electron chi connectivity index (χ2n) is 42.3. The maximum atomic E-state index is 13.4. The number of rotatable bonds is 21. The van der Waals surface area contributed by atoms with Crippen LogP contribution in [0.25, 0.3) is 0 Å². The van der Waals surface area contributed by atoms with E-state index in [9.17, 15) is 62.3 Å². The van der Waals surface area contributed by atoms with Gasteiger partial charge in [0, 0.05) is 34.5 Å². The fourth-order valence-corrected chi connectivity index (χ4v) is 26.5. The standard InChI is InChI=1S/C23H32O6.4C15H22O4.C13H18O5/c1-4-11(3)20(24)27-18-15-9-14-16(21(25)28-19(14)18)17(15)22(26)29-23(5-2)10-12-6-7-13(23)8-12;1-3-9(2)14(17)19-12-5-11-4-10(12)6-15(11)7-13(16)18-8-15;1-3-9(2)14(17)19-12-5-10-4-11(12)15(6-10)7-13(16)18-8-15;1-3-9(2)13(16)19-12-7-11-6-10(12)8-15(11)4-5-18-14(15)17;1-3-9(2)13(16)19-12-7-10-6-11(12)15(8-10)4-5-18-14(15)17;1-4-13(2,3)12(15)18-9-7-5-6-8(16-7)10(9)17-11(6)14/h11-19H,4-10H2,1-3H3;4*9-12H,3-8H2,1-2H3;6-10H,4-5H2,1-3H3. The smallest absolute Gasteiger partial charge is 0.312 e. The van der Waals surface area contributed by atoms with E-state index in [1.165, 1.54) is 6.42 Å². The van der Waals surface area contributed by atoms with Crippen LogP contribution < -0.4 is 0 Å². The molecule has 684 valence electrons. The fraction of sp³-hybridized carbons (Fsp3) is 0.865. The van der Waals surface area contributed by atoms with Crippen LogP contribution in [0.2, 0.25) is 0 Å². The first-order chi connectivity index (χ1) is 58.5. The number of carbonyl (C=O) groups excluding carboxylic acids is 13. The van der Waals surface area contributed by atoms with Crippen molar-refractivity contribution in [3.05, 3.63) is 0 Å². The van der Waals surface area contributed by atoms with E-state index in [0.29, 0.717) is 118 Å². The lowest BCUT2D eigenvalue weighted by Gasteiger charge is -2.39. The van der Waals surface area contributed by atoms with Gasteiger partial charge in [0.25, 0.3) is 0 Å². The van der Waals surface area contributed by atoms with E-state index in [1.54, 1.807) is 0 Å². The molecular formula is C96H138O27. The molecule has 0 aromatic rings. The Bertz CT molecular complexity index is 4040. The topological polar surface area (TPSA) is 351 Å². The van der Waals surface area contributed by atoms with Crippen LogP contribution in [0.4, 0.5) is 0 Å². The van der Waals surface area contributed by atoms with Gasteiger partial charge in [-0.25, -0.2) is 0 Å². The zero-order chi connectivity index (χ0) is 88.1. The largest absolute Gasteiger partial charge is 0.465 e. The molecule has 8 heterocycles. The van der Waals surface area contributed by atoms with Crippen molar-refractivity contribution in [2.75, 3.05) is 26.4 Å². The lowest BCUT2D eigenvalue weighted by Crippen LogP contribution is -2.47. The fourth-order valence-electron chi connectivity index (χ4n) is 26.5. The van der Waals surface area contributed by atoms with Gasteiger partial charge < -0.3 is 66.3 Å². The summed E-state index contributed by atoms with van der Waals surface area (Å²) in [4.78, 5) is 156. The third kappa shape index (κ3) is 16.8. The highest BCUT2D eigenvalue weighted by Gasteiger charge is 2.73. The monoisotopic (exact) mass is 1720 g/mol. The Morgan fingerprint density at radius 1 is 0.447 bits per heavy atom. The number of fused-ring (bicyclic) bond motifs is 16. The number of hydrogen-bond donors (Lipinski definition) is 0. The van der Waals surface area contributed by atoms with Crippen molar-refractivity contribution in [1.29, 1.82) is 0 Å². The molecule has 27 heteroatoms. The first kappa shape index (κ1) is 90.8.